The average Bonchev–Trinajstić information content (AvgIpc) is 3.02. The Kier molecular flexibility index (Phi) is 4.38. The second kappa shape index (κ2) is 6.70. The minimum atomic E-state index is -0.0810. The van der Waals surface area contributed by atoms with Gasteiger partial charge in [0.05, 0.1) is 35.8 Å². The van der Waals surface area contributed by atoms with Crippen molar-refractivity contribution in [3.8, 4) is 0 Å². The number of rotatable bonds is 3. The van der Waals surface area contributed by atoms with E-state index >= 15 is 0 Å². The van der Waals surface area contributed by atoms with Crippen LogP contribution in [0.5, 0.6) is 0 Å². The van der Waals surface area contributed by atoms with E-state index in [0.29, 0.717) is 5.82 Å². The standard InChI is InChI=1S/C20H25N5O/c1-13-6-5-11-22-19(13)14-7-3-8-15(24(14)2)20-16(12-26)25-17(21)9-4-10-18(25)23-20/h4-6,9-11,14-15,26H,3,7-8,12,21H2,1-2H3/t14-,15+/m1/s1. The zero-order chi connectivity index (χ0) is 18.3. The van der Waals surface area contributed by atoms with Crippen LogP contribution in [0.15, 0.2) is 36.5 Å². The molecule has 0 radical (unpaired) electrons. The first kappa shape index (κ1) is 17.0. The number of likely N-dealkylation sites (tertiary alicyclic amines) is 1. The Morgan fingerprint density at radius 2 is 1.92 bits per heavy atom. The third-order valence-corrected chi connectivity index (χ3v) is 5.57. The number of aliphatic hydroxyl groups is 1. The van der Waals surface area contributed by atoms with Gasteiger partial charge < -0.3 is 10.8 Å². The summed E-state index contributed by atoms with van der Waals surface area (Å²) in [6, 6.07) is 10.1. The van der Waals surface area contributed by atoms with E-state index in [0.717, 1.165) is 42.0 Å². The molecule has 0 amide bonds. The third kappa shape index (κ3) is 2.66. The van der Waals surface area contributed by atoms with Crippen molar-refractivity contribution in [3.63, 3.8) is 0 Å². The highest BCUT2D eigenvalue weighted by atomic mass is 16.3. The van der Waals surface area contributed by atoms with Gasteiger partial charge >= 0.3 is 0 Å². The van der Waals surface area contributed by atoms with Crippen LogP contribution in [0.25, 0.3) is 5.65 Å². The average molecular weight is 351 g/mol. The topological polar surface area (TPSA) is 79.7 Å². The SMILES string of the molecule is Cc1cccnc1[C@H]1CCC[C@@H](c2nc3cccc(N)n3c2CO)N1C. The van der Waals surface area contributed by atoms with Crippen LogP contribution >= 0.6 is 0 Å². The fourth-order valence-corrected chi connectivity index (χ4v) is 4.25. The first-order valence-corrected chi connectivity index (χ1v) is 9.12. The van der Waals surface area contributed by atoms with Gasteiger partial charge in [0.2, 0.25) is 0 Å². The summed E-state index contributed by atoms with van der Waals surface area (Å²) in [5.74, 6) is 0.598. The van der Waals surface area contributed by atoms with Gasteiger partial charge in [-0.3, -0.25) is 14.3 Å². The van der Waals surface area contributed by atoms with Crippen molar-refractivity contribution in [2.24, 2.45) is 0 Å². The van der Waals surface area contributed by atoms with Gasteiger partial charge in [-0.05, 0) is 57.0 Å². The normalized spacial score (nSPS) is 21.3. The molecule has 3 aromatic heterocycles. The molecular weight excluding hydrogens is 326 g/mol. The quantitative estimate of drug-likeness (QED) is 0.758. The monoisotopic (exact) mass is 351 g/mol. The van der Waals surface area contributed by atoms with Gasteiger partial charge in [0.25, 0.3) is 0 Å². The highest BCUT2D eigenvalue weighted by Crippen LogP contribution is 2.41. The van der Waals surface area contributed by atoms with E-state index in [1.807, 2.05) is 34.9 Å². The minimum Gasteiger partial charge on any atom is -0.390 e. The summed E-state index contributed by atoms with van der Waals surface area (Å²) in [4.78, 5) is 11.8. The van der Waals surface area contributed by atoms with Crippen molar-refractivity contribution >= 4 is 11.5 Å². The molecule has 0 aromatic carbocycles. The first-order chi connectivity index (χ1) is 12.6. The van der Waals surface area contributed by atoms with E-state index in [-0.39, 0.29) is 18.7 Å². The molecule has 2 atom stereocenters. The van der Waals surface area contributed by atoms with E-state index in [1.165, 1.54) is 5.56 Å². The Labute approximate surface area is 153 Å². The number of fused-ring (bicyclic) bond motifs is 1. The molecule has 26 heavy (non-hydrogen) atoms. The van der Waals surface area contributed by atoms with Crippen LogP contribution < -0.4 is 5.73 Å². The molecule has 0 bridgehead atoms. The van der Waals surface area contributed by atoms with E-state index in [1.54, 1.807) is 0 Å². The fourth-order valence-electron chi connectivity index (χ4n) is 4.25. The van der Waals surface area contributed by atoms with Crippen molar-refractivity contribution in [2.75, 3.05) is 12.8 Å². The van der Waals surface area contributed by atoms with Crippen LogP contribution in [0.3, 0.4) is 0 Å². The second-order valence-electron chi connectivity index (χ2n) is 7.08. The number of hydrogen-bond donors (Lipinski definition) is 2. The maximum Gasteiger partial charge on any atom is 0.138 e. The summed E-state index contributed by atoms with van der Waals surface area (Å²) in [5.41, 5.74) is 11.0. The number of nitrogens with zero attached hydrogens (tertiary/aromatic N) is 4. The molecule has 1 saturated heterocycles. The number of nitrogen functional groups attached to an aromatic ring is 1. The third-order valence-electron chi connectivity index (χ3n) is 5.57. The molecule has 3 N–H and O–H groups in total. The molecular formula is C20H25N5O. The van der Waals surface area contributed by atoms with Gasteiger partial charge in [-0.15, -0.1) is 0 Å². The van der Waals surface area contributed by atoms with Crippen molar-refractivity contribution in [1.29, 1.82) is 0 Å². The number of aromatic nitrogens is 3. The Morgan fingerprint density at radius 1 is 1.15 bits per heavy atom. The smallest absolute Gasteiger partial charge is 0.138 e. The van der Waals surface area contributed by atoms with Crippen molar-refractivity contribution < 1.29 is 5.11 Å². The summed E-state index contributed by atoms with van der Waals surface area (Å²) < 4.78 is 1.86. The number of piperidine rings is 1. The van der Waals surface area contributed by atoms with Crippen molar-refractivity contribution in [2.45, 2.75) is 44.9 Å². The first-order valence-electron chi connectivity index (χ1n) is 9.12. The summed E-state index contributed by atoms with van der Waals surface area (Å²) in [6.45, 7) is 2.03. The molecule has 3 aromatic rings. The maximum atomic E-state index is 10.0. The molecule has 6 heteroatoms. The number of hydrogen-bond acceptors (Lipinski definition) is 5. The van der Waals surface area contributed by atoms with E-state index in [2.05, 4.69) is 29.9 Å². The van der Waals surface area contributed by atoms with Crippen LogP contribution in [0.4, 0.5) is 5.82 Å². The lowest BCUT2D eigenvalue weighted by molar-refractivity contribution is 0.107. The number of imidazole rings is 1. The molecule has 0 spiro atoms. The highest BCUT2D eigenvalue weighted by molar-refractivity contribution is 5.52. The van der Waals surface area contributed by atoms with Crippen LogP contribution in [-0.4, -0.2) is 31.4 Å². The van der Waals surface area contributed by atoms with E-state index in [9.17, 15) is 5.11 Å². The number of pyridine rings is 2. The number of nitrogens with two attached hydrogens (primary N) is 1. The molecule has 1 fully saturated rings. The molecule has 6 nitrogen and oxygen atoms in total. The molecule has 0 saturated carbocycles. The molecule has 136 valence electrons. The maximum absolute atomic E-state index is 10.0. The van der Waals surface area contributed by atoms with Crippen molar-refractivity contribution in [3.05, 3.63) is 59.2 Å². The van der Waals surface area contributed by atoms with Gasteiger partial charge in [0, 0.05) is 6.20 Å². The zero-order valence-electron chi connectivity index (χ0n) is 15.3. The Morgan fingerprint density at radius 3 is 2.65 bits per heavy atom. The van der Waals surface area contributed by atoms with Crippen LogP contribution in [0.2, 0.25) is 0 Å². The molecule has 4 heterocycles. The zero-order valence-corrected chi connectivity index (χ0v) is 15.3. The van der Waals surface area contributed by atoms with Crippen LogP contribution in [0, 0.1) is 6.92 Å². The number of aryl methyl sites for hydroxylation is 1. The summed E-state index contributed by atoms with van der Waals surface area (Å²) in [7, 11) is 2.14. The highest BCUT2D eigenvalue weighted by Gasteiger charge is 2.34. The molecule has 0 aliphatic carbocycles. The van der Waals surface area contributed by atoms with Crippen LogP contribution in [0.1, 0.15) is 54.0 Å². The molecule has 0 unspecified atom stereocenters. The van der Waals surface area contributed by atoms with Gasteiger partial charge in [-0.2, -0.15) is 0 Å². The predicted molar refractivity (Wildman–Crippen MR) is 102 cm³/mol. The fraction of sp³-hybridized carbons (Fsp3) is 0.400. The van der Waals surface area contributed by atoms with E-state index < -0.39 is 0 Å². The lowest BCUT2D eigenvalue weighted by Gasteiger charge is -2.39. The predicted octanol–water partition coefficient (Wildman–Crippen LogP) is 3.01. The lowest BCUT2D eigenvalue weighted by Crippen LogP contribution is -2.34. The lowest BCUT2D eigenvalue weighted by atomic mass is 9.90. The van der Waals surface area contributed by atoms with Gasteiger partial charge in [0.15, 0.2) is 0 Å². The van der Waals surface area contributed by atoms with Crippen LogP contribution in [-0.2, 0) is 6.61 Å². The number of anilines is 1. The summed E-state index contributed by atoms with van der Waals surface area (Å²) in [5, 5.41) is 10.0. The largest absolute Gasteiger partial charge is 0.390 e. The van der Waals surface area contributed by atoms with Gasteiger partial charge in [-0.25, -0.2) is 4.98 Å². The Bertz CT molecular complexity index is 935. The summed E-state index contributed by atoms with van der Waals surface area (Å²) >= 11 is 0. The minimum absolute atomic E-state index is 0.0810. The molecule has 1 aliphatic rings. The number of aliphatic hydroxyl groups excluding tert-OH is 1. The van der Waals surface area contributed by atoms with Crippen molar-refractivity contribution in [1.82, 2.24) is 19.3 Å². The molecule has 4 rings (SSSR count). The Balaban J connectivity index is 1.77. The summed E-state index contributed by atoms with van der Waals surface area (Å²) in [6.07, 6.45) is 5.05. The van der Waals surface area contributed by atoms with Gasteiger partial charge in [0.1, 0.15) is 11.5 Å². The molecule has 1 aliphatic heterocycles. The van der Waals surface area contributed by atoms with E-state index in [4.69, 9.17) is 10.7 Å². The van der Waals surface area contributed by atoms with Gasteiger partial charge in [-0.1, -0.05) is 12.1 Å². The Hall–Kier alpha value is -2.44. The second-order valence-corrected chi connectivity index (χ2v) is 7.08.